The minimum atomic E-state index is -0.641. The van der Waals surface area contributed by atoms with Crippen LogP contribution in [0.2, 0.25) is 0 Å². The average Bonchev–Trinajstić information content (AvgIpc) is 2.57. The molecule has 0 amide bonds. The fourth-order valence-electron chi connectivity index (χ4n) is 2.36. The number of hydrogen-bond donors (Lipinski definition) is 2. The zero-order chi connectivity index (χ0) is 15.0. The highest BCUT2D eigenvalue weighted by Gasteiger charge is 2.30. The first-order valence-electron chi connectivity index (χ1n) is 7.20. The van der Waals surface area contributed by atoms with E-state index in [1.165, 1.54) is 0 Å². The van der Waals surface area contributed by atoms with Gasteiger partial charge in [-0.1, -0.05) is 60.7 Å². The lowest BCUT2D eigenvalue weighted by Gasteiger charge is -2.30. The molecule has 2 aromatic rings. The molecule has 0 aliphatic rings. The Morgan fingerprint density at radius 3 is 1.95 bits per heavy atom. The number of rotatable bonds is 8. The largest absolute Gasteiger partial charge is 0.395 e. The van der Waals surface area contributed by atoms with E-state index < -0.39 is 5.41 Å². The third-order valence-electron chi connectivity index (χ3n) is 3.83. The SMILES string of the molecule is OCC(CO)(CCOCc1ccccc1)c1ccccc1. The Labute approximate surface area is 125 Å². The van der Waals surface area contributed by atoms with Crippen LogP contribution in [0.3, 0.4) is 0 Å². The second-order valence-electron chi connectivity index (χ2n) is 5.25. The Hall–Kier alpha value is -1.68. The van der Waals surface area contributed by atoms with Crippen LogP contribution in [0.5, 0.6) is 0 Å². The van der Waals surface area contributed by atoms with Crippen molar-refractivity contribution in [3.05, 3.63) is 71.8 Å². The summed E-state index contributed by atoms with van der Waals surface area (Å²) in [5.74, 6) is 0. The van der Waals surface area contributed by atoms with Crippen LogP contribution < -0.4 is 0 Å². The lowest BCUT2D eigenvalue weighted by molar-refractivity contribution is 0.0565. The molecular formula is C18H22O3. The molecule has 0 aliphatic carbocycles. The number of aliphatic hydroxyl groups is 2. The molecule has 0 fully saturated rings. The Balaban J connectivity index is 1.92. The van der Waals surface area contributed by atoms with Crippen molar-refractivity contribution in [3.8, 4) is 0 Å². The summed E-state index contributed by atoms with van der Waals surface area (Å²) in [6.07, 6.45) is 0.580. The monoisotopic (exact) mass is 286 g/mol. The molecule has 0 aliphatic heterocycles. The normalized spacial score (nSPS) is 11.5. The third-order valence-corrected chi connectivity index (χ3v) is 3.83. The maximum atomic E-state index is 9.73. The van der Waals surface area contributed by atoms with E-state index in [1.807, 2.05) is 60.7 Å². The van der Waals surface area contributed by atoms with Crippen molar-refractivity contribution in [1.29, 1.82) is 0 Å². The van der Waals surface area contributed by atoms with Crippen molar-refractivity contribution in [3.63, 3.8) is 0 Å². The summed E-state index contributed by atoms with van der Waals surface area (Å²) < 4.78 is 5.68. The van der Waals surface area contributed by atoms with E-state index in [1.54, 1.807) is 0 Å². The molecule has 0 bridgehead atoms. The highest BCUT2D eigenvalue weighted by atomic mass is 16.5. The van der Waals surface area contributed by atoms with Gasteiger partial charge in [-0.3, -0.25) is 0 Å². The van der Waals surface area contributed by atoms with Gasteiger partial charge in [0.05, 0.1) is 19.8 Å². The summed E-state index contributed by atoms with van der Waals surface area (Å²) in [7, 11) is 0. The van der Waals surface area contributed by atoms with E-state index in [2.05, 4.69) is 0 Å². The number of aliphatic hydroxyl groups excluding tert-OH is 2. The first-order chi connectivity index (χ1) is 10.3. The van der Waals surface area contributed by atoms with Crippen molar-refractivity contribution in [1.82, 2.24) is 0 Å². The van der Waals surface area contributed by atoms with Crippen LogP contribution in [0.4, 0.5) is 0 Å². The van der Waals surface area contributed by atoms with E-state index in [0.717, 1.165) is 11.1 Å². The van der Waals surface area contributed by atoms with Crippen LogP contribution in [0.15, 0.2) is 60.7 Å². The molecule has 0 saturated carbocycles. The first kappa shape index (κ1) is 15.7. The molecule has 0 aromatic heterocycles. The van der Waals surface area contributed by atoms with Gasteiger partial charge in [-0.15, -0.1) is 0 Å². The maximum absolute atomic E-state index is 9.73. The van der Waals surface area contributed by atoms with Gasteiger partial charge in [0, 0.05) is 12.0 Å². The molecule has 21 heavy (non-hydrogen) atoms. The van der Waals surface area contributed by atoms with E-state index in [-0.39, 0.29) is 13.2 Å². The fourth-order valence-corrected chi connectivity index (χ4v) is 2.36. The van der Waals surface area contributed by atoms with Crippen LogP contribution in [-0.2, 0) is 16.8 Å². The molecule has 3 nitrogen and oxygen atoms in total. The van der Waals surface area contributed by atoms with E-state index >= 15 is 0 Å². The lowest BCUT2D eigenvalue weighted by Crippen LogP contribution is -2.36. The molecule has 2 aromatic carbocycles. The summed E-state index contributed by atoms with van der Waals surface area (Å²) in [5, 5.41) is 19.5. The summed E-state index contributed by atoms with van der Waals surface area (Å²) in [6.45, 7) is 0.845. The standard InChI is InChI=1S/C18H22O3/c19-14-18(15-20,17-9-5-2-6-10-17)11-12-21-13-16-7-3-1-4-8-16/h1-10,19-20H,11-15H2. The van der Waals surface area contributed by atoms with Gasteiger partial charge in [-0.25, -0.2) is 0 Å². The molecule has 0 unspecified atom stereocenters. The Morgan fingerprint density at radius 2 is 1.38 bits per heavy atom. The van der Waals surface area contributed by atoms with E-state index in [4.69, 9.17) is 4.74 Å². The van der Waals surface area contributed by atoms with Crippen LogP contribution in [0.1, 0.15) is 17.5 Å². The zero-order valence-electron chi connectivity index (χ0n) is 12.1. The number of ether oxygens (including phenoxy) is 1. The molecule has 0 atom stereocenters. The van der Waals surface area contributed by atoms with Gasteiger partial charge in [0.2, 0.25) is 0 Å². The predicted molar refractivity (Wildman–Crippen MR) is 83.0 cm³/mol. The minimum Gasteiger partial charge on any atom is -0.395 e. The molecule has 0 spiro atoms. The molecule has 3 heteroatoms. The second-order valence-corrected chi connectivity index (χ2v) is 5.25. The predicted octanol–water partition coefficient (Wildman–Crippen LogP) is 2.52. The maximum Gasteiger partial charge on any atom is 0.0716 e. The van der Waals surface area contributed by atoms with Crippen molar-refractivity contribution < 1.29 is 14.9 Å². The summed E-state index contributed by atoms with van der Waals surface area (Å²) in [5.41, 5.74) is 1.42. The summed E-state index contributed by atoms with van der Waals surface area (Å²) in [6, 6.07) is 19.6. The molecule has 112 valence electrons. The molecule has 2 rings (SSSR count). The van der Waals surface area contributed by atoms with Crippen molar-refractivity contribution >= 4 is 0 Å². The summed E-state index contributed by atoms with van der Waals surface area (Å²) >= 11 is 0. The minimum absolute atomic E-state index is 0.0950. The molecular weight excluding hydrogens is 264 g/mol. The van der Waals surface area contributed by atoms with Gasteiger partial charge in [0.15, 0.2) is 0 Å². The van der Waals surface area contributed by atoms with Crippen molar-refractivity contribution in [2.45, 2.75) is 18.4 Å². The van der Waals surface area contributed by atoms with Crippen LogP contribution in [-0.4, -0.2) is 30.0 Å². The van der Waals surface area contributed by atoms with Crippen LogP contribution in [0, 0.1) is 0 Å². The summed E-state index contributed by atoms with van der Waals surface area (Å²) in [4.78, 5) is 0. The van der Waals surface area contributed by atoms with Gasteiger partial charge in [0.1, 0.15) is 0 Å². The molecule has 0 saturated heterocycles. The van der Waals surface area contributed by atoms with Gasteiger partial charge >= 0.3 is 0 Å². The third kappa shape index (κ3) is 4.14. The first-order valence-corrected chi connectivity index (χ1v) is 7.20. The van der Waals surface area contributed by atoms with Gasteiger partial charge in [-0.2, -0.15) is 0 Å². The van der Waals surface area contributed by atoms with E-state index in [0.29, 0.717) is 19.6 Å². The van der Waals surface area contributed by atoms with Gasteiger partial charge in [-0.05, 0) is 17.5 Å². The van der Waals surface area contributed by atoms with Crippen LogP contribution >= 0.6 is 0 Å². The Kier molecular flexibility index (Phi) is 5.93. The Bertz CT molecular complexity index is 507. The number of hydrogen-bond acceptors (Lipinski definition) is 3. The topological polar surface area (TPSA) is 49.7 Å². The van der Waals surface area contributed by atoms with E-state index in [9.17, 15) is 10.2 Å². The molecule has 2 N–H and O–H groups in total. The van der Waals surface area contributed by atoms with Gasteiger partial charge in [0.25, 0.3) is 0 Å². The highest BCUT2D eigenvalue weighted by Crippen LogP contribution is 2.27. The quantitative estimate of drug-likeness (QED) is 0.733. The fraction of sp³-hybridized carbons (Fsp3) is 0.333. The average molecular weight is 286 g/mol. The zero-order valence-corrected chi connectivity index (χ0v) is 12.1. The highest BCUT2D eigenvalue weighted by molar-refractivity contribution is 5.25. The van der Waals surface area contributed by atoms with Crippen molar-refractivity contribution in [2.75, 3.05) is 19.8 Å². The molecule has 0 heterocycles. The molecule has 0 radical (unpaired) electrons. The smallest absolute Gasteiger partial charge is 0.0716 e. The Morgan fingerprint density at radius 1 is 0.810 bits per heavy atom. The number of benzene rings is 2. The van der Waals surface area contributed by atoms with Crippen LogP contribution in [0.25, 0.3) is 0 Å². The lowest BCUT2D eigenvalue weighted by atomic mass is 9.79. The van der Waals surface area contributed by atoms with Gasteiger partial charge < -0.3 is 14.9 Å². The second kappa shape index (κ2) is 7.93. The van der Waals surface area contributed by atoms with Crippen molar-refractivity contribution in [2.24, 2.45) is 0 Å².